The number of allylic oxidation sites excluding steroid dienone is 1. The molecule has 5 nitrogen and oxygen atoms in total. The molecule has 5 rings (SSSR count). The van der Waals surface area contributed by atoms with Crippen LogP contribution in [0, 0.1) is 6.92 Å². The smallest absolute Gasteiger partial charge is 0.246 e. The maximum absolute atomic E-state index is 13.3. The van der Waals surface area contributed by atoms with E-state index < -0.39 is 0 Å². The highest BCUT2D eigenvalue weighted by atomic mass is 16.5. The number of furan rings is 1. The number of hydrogen-bond donors (Lipinski definition) is 0. The topological polar surface area (TPSA) is 45.9 Å². The fourth-order valence-electron chi connectivity index (χ4n) is 5.20. The number of aryl methyl sites for hydroxylation is 1. The Morgan fingerprint density at radius 1 is 0.973 bits per heavy atom. The average Bonchev–Trinajstić information content (AvgIpc) is 3.29. The van der Waals surface area contributed by atoms with Gasteiger partial charge in [-0.25, -0.2) is 0 Å². The van der Waals surface area contributed by atoms with Gasteiger partial charge in [0.2, 0.25) is 5.91 Å². The van der Waals surface area contributed by atoms with Gasteiger partial charge in [0.1, 0.15) is 11.3 Å². The number of fused-ring (bicyclic) bond motifs is 1. The van der Waals surface area contributed by atoms with Crippen molar-refractivity contribution in [3.05, 3.63) is 107 Å². The summed E-state index contributed by atoms with van der Waals surface area (Å²) in [5, 5.41) is 1.04. The minimum absolute atomic E-state index is 0.0413. The predicted octanol–water partition coefficient (Wildman–Crippen LogP) is 6.48. The number of hydrogen-bond acceptors (Lipinski definition) is 4. The van der Waals surface area contributed by atoms with Crippen LogP contribution in [-0.2, 0) is 4.79 Å². The van der Waals surface area contributed by atoms with E-state index in [0.29, 0.717) is 19.7 Å². The van der Waals surface area contributed by atoms with Gasteiger partial charge >= 0.3 is 0 Å². The Balaban J connectivity index is 1.33. The van der Waals surface area contributed by atoms with Crippen molar-refractivity contribution in [2.45, 2.75) is 26.8 Å². The summed E-state index contributed by atoms with van der Waals surface area (Å²) in [7, 11) is 0. The Kier molecular flexibility index (Phi) is 7.42. The van der Waals surface area contributed by atoms with Crippen LogP contribution in [-0.4, -0.2) is 48.5 Å². The van der Waals surface area contributed by atoms with Crippen molar-refractivity contribution in [2.24, 2.45) is 0 Å². The molecule has 1 aliphatic rings. The molecule has 0 atom stereocenters. The third-order valence-electron chi connectivity index (χ3n) is 7.16. The molecular formula is C32H34N2O3. The zero-order valence-electron chi connectivity index (χ0n) is 21.8. The molecule has 4 aromatic rings. The molecule has 5 heteroatoms. The monoisotopic (exact) mass is 494 g/mol. The fraction of sp³-hybridized carbons (Fsp3) is 0.281. The molecule has 0 unspecified atom stereocenters. The highest BCUT2D eigenvalue weighted by Gasteiger charge is 2.27. The lowest BCUT2D eigenvalue weighted by Gasteiger charge is -2.39. The molecule has 2 heterocycles. The van der Waals surface area contributed by atoms with Gasteiger partial charge < -0.3 is 14.1 Å². The second-order valence-corrected chi connectivity index (χ2v) is 9.61. The Morgan fingerprint density at radius 3 is 2.19 bits per heavy atom. The van der Waals surface area contributed by atoms with Crippen molar-refractivity contribution in [1.29, 1.82) is 0 Å². The minimum atomic E-state index is 0.0413. The average molecular weight is 495 g/mol. The Morgan fingerprint density at radius 2 is 1.59 bits per heavy atom. The largest absolute Gasteiger partial charge is 0.493 e. The predicted molar refractivity (Wildman–Crippen MR) is 149 cm³/mol. The van der Waals surface area contributed by atoms with Gasteiger partial charge in [0.15, 0.2) is 0 Å². The number of carbonyl (C=O) groups excluding carboxylic acids is 1. The van der Waals surface area contributed by atoms with Crippen LogP contribution >= 0.6 is 0 Å². The zero-order valence-corrected chi connectivity index (χ0v) is 21.8. The second-order valence-electron chi connectivity index (χ2n) is 9.61. The van der Waals surface area contributed by atoms with Crippen LogP contribution in [0.2, 0.25) is 0 Å². The van der Waals surface area contributed by atoms with Crippen LogP contribution in [0.4, 0.5) is 0 Å². The molecule has 0 N–H and O–H groups in total. The standard InChI is InChI=1S/C32H34N2O3/c1-4-36-29-21-30-28(24(3)22-37-30)20-27(29)23(2)19-31(35)33-15-17-34(18-16-33)32(25-11-7-5-8-12-25)26-13-9-6-10-14-26/h5-14,19-22,32H,4,15-18H2,1-3H3/b23-19+. The van der Waals surface area contributed by atoms with E-state index in [2.05, 4.69) is 71.6 Å². The normalized spacial score (nSPS) is 14.9. The molecule has 0 radical (unpaired) electrons. The minimum Gasteiger partial charge on any atom is -0.493 e. The van der Waals surface area contributed by atoms with E-state index in [1.165, 1.54) is 11.1 Å². The molecule has 1 amide bonds. The Labute approximate surface area is 219 Å². The summed E-state index contributed by atoms with van der Waals surface area (Å²) in [6.07, 6.45) is 3.51. The van der Waals surface area contributed by atoms with Crippen molar-refractivity contribution in [1.82, 2.24) is 9.80 Å². The number of piperazine rings is 1. The molecule has 0 aliphatic carbocycles. The molecule has 37 heavy (non-hydrogen) atoms. The zero-order chi connectivity index (χ0) is 25.8. The van der Waals surface area contributed by atoms with Crippen LogP contribution in [0.15, 0.2) is 89.6 Å². The van der Waals surface area contributed by atoms with Crippen molar-refractivity contribution in [2.75, 3.05) is 32.8 Å². The maximum atomic E-state index is 13.3. The summed E-state index contributed by atoms with van der Waals surface area (Å²) < 4.78 is 11.6. The van der Waals surface area contributed by atoms with Crippen LogP contribution in [0.3, 0.4) is 0 Å². The number of amides is 1. The number of rotatable bonds is 7. The van der Waals surface area contributed by atoms with Gasteiger partial charge in [-0.1, -0.05) is 60.7 Å². The maximum Gasteiger partial charge on any atom is 0.246 e. The number of carbonyl (C=O) groups is 1. The van der Waals surface area contributed by atoms with Crippen LogP contribution in [0.25, 0.3) is 16.5 Å². The first kappa shape index (κ1) is 24.8. The van der Waals surface area contributed by atoms with E-state index >= 15 is 0 Å². The van der Waals surface area contributed by atoms with Crippen molar-refractivity contribution < 1.29 is 13.9 Å². The Bertz CT molecular complexity index is 1340. The third kappa shape index (κ3) is 5.32. The van der Waals surface area contributed by atoms with E-state index in [4.69, 9.17) is 9.15 Å². The van der Waals surface area contributed by atoms with E-state index in [0.717, 1.165) is 46.5 Å². The van der Waals surface area contributed by atoms with E-state index in [1.807, 2.05) is 31.7 Å². The van der Waals surface area contributed by atoms with Gasteiger partial charge in [-0.2, -0.15) is 0 Å². The first-order valence-corrected chi connectivity index (χ1v) is 13.0. The summed E-state index contributed by atoms with van der Waals surface area (Å²) in [5.41, 5.74) is 6.24. The summed E-state index contributed by atoms with van der Waals surface area (Å²) in [6, 6.07) is 25.4. The summed E-state index contributed by atoms with van der Waals surface area (Å²) in [6.45, 7) is 9.53. The lowest BCUT2D eigenvalue weighted by Crippen LogP contribution is -2.49. The lowest BCUT2D eigenvalue weighted by molar-refractivity contribution is -0.127. The number of benzene rings is 3. The molecular weight excluding hydrogens is 460 g/mol. The highest BCUT2D eigenvalue weighted by Crippen LogP contribution is 2.34. The van der Waals surface area contributed by atoms with Gasteiger partial charge in [0.25, 0.3) is 0 Å². The first-order valence-electron chi connectivity index (χ1n) is 13.0. The summed E-state index contributed by atoms with van der Waals surface area (Å²) >= 11 is 0. The molecule has 190 valence electrons. The first-order chi connectivity index (χ1) is 18.0. The highest BCUT2D eigenvalue weighted by molar-refractivity contribution is 5.97. The lowest BCUT2D eigenvalue weighted by atomic mass is 9.96. The summed E-state index contributed by atoms with van der Waals surface area (Å²) in [5.74, 6) is 0.781. The van der Waals surface area contributed by atoms with E-state index in [-0.39, 0.29) is 11.9 Å². The molecule has 0 spiro atoms. The molecule has 1 aromatic heterocycles. The van der Waals surface area contributed by atoms with Gasteiger partial charge in [-0.3, -0.25) is 9.69 Å². The fourth-order valence-corrected chi connectivity index (χ4v) is 5.20. The SMILES string of the molecule is CCOc1cc2occ(C)c2cc1/C(C)=C/C(=O)N1CCN(C(c2ccccc2)c2ccccc2)CC1. The van der Waals surface area contributed by atoms with Crippen LogP contribution in [0.1, 0.15) is 42.1 Å². The van der Waals surface area contributed by atoms with E-state index in [9.17, 15) is 4.79 Å². The Hall–Kier alpha value is -3.83. The molecule has 3 aromatic carbocycles. The second kappa shape index (κ2) is 11.1. The van der Waals surface area contributed by atoms with Gasteiger partial charge in [0.05, 0.1) is 18.9 Å². The van der Waals surface area contributed by atoms with Crippen LogP contribution < -0.4 is 4.74 Å². The van der Waals surface area contributed by atoms with Crippen molar-refractivity contribution in [3.8, 4) is 5.75 Å². The van der Waals surface area contributed by atoms with Crippen molar-refractivity contribution >= 4 is 22.4 Å². The molecule has 0 saturated carbocycles. The van der Waals surface area contributed by atoms with Gasteiger partial charge in [-0.05, 0) is 49.1 Å². The quantitative estimate of drug-likeness (QED) is 0.276. The third-order valence-corrected chi connectivity index (χ3v) is 7.16. The molecule has 1 fully saturated rings. The molecule has 1 aliphatic heterocycles. The summed E-state index contributed by atoms with van der Waals surface area (Å²) in [4.78, 5) is 17.8. The molecule has 0 bridgehead atoms. The van der Waals surface area contributed by atoms with Crippen molar-refractivity contribution in [3.63, 3.8) is 0 Å². The van der Waals surface area contributed by atoms with E-state index in [1.54, 1.807) is 12.3 Å². The molecule has 1 saturated heterocycles. The number of ether oxygens (including phenoxy) is 1. The number of nitrogens with zero attached hydrogens (tertiary/aromatic N) is 2. The van der Waals surface area contributed by atoms with Gasteiger partial charge in [-0.15, -0.1) is 0 Å². The van der Waals surface area contributed by atoms with Gasteiger partial charge in [0, 0.05) is 49.3 Å². The van der Waals surface area contributed by atoms with Crippen LogP contribution in [0.5, 0.6) is 5.75 Å².